The zero-order valence-electron chi connectivity index (χ0n) is 30.1. The molecule has 2 N–H and O–H groups in total. The number of amides is 2. The van der Waals surface area contributed by atoms with Gasteiger partial charge in [-0.3, -0.25) is 19.3 Å². The van der Waals surface area contributed by atoms with Crippen LogP contribution in [0.3, 0.4) is 0 Å². The molecule has 10 nitrogen and oxygen atoms in total. The van der Waals surface area contributed by atoms with Crippen LogP contribution in [0.2, 0.25) is 0 Å². The van der Waals surface area contributed by atoms with Gasteiger partial charge in [0.15, 0.2) is 11.5 Å². The average Bonchev–Trinajstić information content (AvgIpc) is 3.35. The molecule has 3 aromatic rings. The number of nitrogens with one attached hydrogen (secondary N) is 2. The van der Waals surface area contributed by atoms with Gasteiger partial charge in [-0.15, -0.1) is 0 Å². The molecule has 2 atom stereocenters. The Morgan fingerprint density at radius 2 is 1.66 bits per heavy atom. The van der Waals surface area contributed by atoms with Crippen molar-refractivity contribution in [2.24, 2.45) is 5.92 Å². The van der Waals surface area contributed by atoms with Crippen LogP contribution < -0.4 is 30.3 Å². The lowest BCUT2D eigenvalue weighted by molar-refractivity contribution is -0.134. The number of anilines is 1. The van der Waals surface area contributed by atoms with Crippen molar-refractivity contribution in [3.05, 3.63) is 87.6 Å². The number of benzene rings is 2. The van der Waals surface area contributed by atoms with Crippen LogP contribution in [0, 0.1) is 5.92 Å². The van der Waals surface area contributed by atoms with E-state index in [-0.39, 0.29) is 23.2 Å². The number of ether oxygens (including phenoxy) is 3. The molecular weight excluding hydrogens is 632 g/mol. The minimum absolute atomic E-state index is 0.00869. The molecule has 1 aliphatic carbocycles. The van der Waals surface area contributed by atoms with Gasteiger partial charge in [0.2, 0.25) is 23.0 Å². The fraction of sp³-hybridized carbons (Fsp3) is 0.425. The zero-order valence-corrected chi connectivity index (χ0v) is 30.1. The van der Waals surface area contributed by atoms with Crippen molar-refractivity contribution in [3.63, 3.8) is 0 Å². The van der Waals surface area contributed by atoms with Gasteiger partial charge < -0.3 is 29.7 Å². The van der Waals surface area contributed by atoms with Crippen molar-refractivity contribution in [1.82, 2.24) is 15.1 Å². The predicted octanol–water partition coefficient (Wildman–Crippen LogP) is 5.55. The van der Waals surface area contributed by atoms with E-state index in [9.17, 15) is 14.4 Å². The van der Waals surface area contributed by atoms with E-state index >= 15 is 0 Å². The lowest BCUT2D eigenvalue weighted by atomic mass is 9.95. The molecule has 0 unspecified atom stereocenters. The first-order valence-electron chi connectivity index (χ1n) is 17.4. The molecule has 5 rings (SSSR count). The first-order valence-corrected chi connectivity index (χ1v) is 17.4. The second-order valence-corrected chi connectivity index (χ2v) is 13.4. The summed E-state index contributed by atoms with van der Waals surface area (Å²) in [5, 5.41) is 6.41. The Balaban J connectivity index is 1.43. The van der Waals surface area contributed by atoms with Crippen molar-refractivity contribution >= 4 is 23.6 Å². The number of piperazine rings is 1. The van der Waals surface area contributed by atoms with Crippen molar-refractivity contribution in [2.45, 2.75) is 52.1 Å². The van der Waals surface area contributed by atoms with Crippen molar-refractivity contribution < 1.29 is 23.8 Å². The molecule has 1 fully saturated rings. The van der Waals surface area contributed by atoms with Gasteiger partial charge in [-0.25, -0.2) is 0 Å². The van der Waals surface area contributed by atoms with E-state index in [1.54, 1.807) is 33.5 Å². The SMILES string of the molecule is COc1cc2c(c(OC)c1OC)-c1ccc(N[C@@H](CC(C)C)C(=O)N3CCN(C/C=C/c4ccccc4)CC3)c(=O)cc1[C@H](NC(C)=O)CC2. The van der Waals surface area contributed by atoms with Crippen LogP contribution in [-0.2, 0) is 16.0 Å². The van der Waals surface area contributed by atoms with Gasteiger partial charge in [0.1, 0.15) is 6.04 Å². The number of fused-ring (bicyclic) bond motifs is 3. The molecule has 0 aromatic heterocycles. The third-order valence-electron chi connectivity index (χ3n) is 9.41. The summed E-state index contributed by atoms with van der Waals surface area (Å²) in [7, 11) is 4.71. The molecule has 1 heterocycles. The molecule has 1 saturated heterocycles. The number of methoxy groups -OCH3 is 3. The summed E-state index contributed by atoms with van der Waals surface area (Å²) >= 11 is 0. The van der Waals surface area contributed by atoms with Gasteiger partial charge in [0.05, 0.1) is 33.1 Å². The van der Waals surface area contributed by atoms with E-state index in [1.165, 1.54) is 12.5 Å². The van der Waals surface area contributed by atoms with Gasteiger partial charge in [-0.05, 0) is 65.6 Å². The Kier molecular flexibility index (Phi) is 12.2. The first-order chi connectivity index (χ1) is 24.1. The van der Waals surface area contributed by atoms with Crippen LogP contribution >= 0.6 is 0 Å². The zero-order chi connectivity index (χ0) is 35.8. The number of rotatable bonds is 12. The molecule has 10 heteroatoms. The Bertz CT molecular complexity index is 1750. The van der Waals surface area contributed by atoms with Gasteiger partial charge >= 0.3 is 0 Å². The number of nitrogens with zero attached hydrogens (tertiary/aromatic N) is 2. The third-order valence-corrected chi connectivity index (χ3v) is 9.41. The minimum atomic E-state index is -0.577. The highest BCUT2D eigenvalue weighted by Gasteiger charge is 2.31. The maximum absolute atomic E-state index is 14.0. The quantitative estimate of drug-likeness (QED) is 0.256. The summed E-state index contributed by atoms with van der Waals surface area (Å²) in [6.45, 7) is 9.24. The molecule has 2 amide bonds. The van der Waals surface area contributed by atoms with E-state index in [0.717, 1.165) is 36.3 Å². The van der Waals surface area contributed by atoms with Crippen LogP contribution in [0.15, 0.2) is 65.5 Å². The molecule has 0 bridgehead atoms. The van der Waals surface area contributed by atoms with Crippen molar-refractivity contribution in [3.8, 4) is 28.4 Å². The van der Waals surface area contributed by atoms with Crippen molar-refractivity contribution in [1.29, 1.82) is 0 Å². The lowest BCUT2D eigenvalue weighted by Gasteiger charge is -2.36. The van der Waals surface area contributed by atoms with Gasteiger partial charge in [-0.2, -0.15) is 0 Å². The Hall–Kier alpha value is -4.83. The van der Waals surface area contributed by atoms with E-state index in [4.69, 9.17) is 14.2 Å². The van der Waals surface area contributed by atoms with E-state index in [1.807, 2.05) is 35.2 Å². The molecule has 0 radical (unpaired) electrons. The molecule has 2 aliphatic rings. The predicted molar refractivity (Wildman–Crippen MR) is 198 cm³/mol. The third kappa shape index (κ3) is 8.48. The molecule has 1 aliphatic heterocycles. The van der Waals surface area contributed by atoms with E-state index < -0.39 is 12.1 Å². The maximum Gasteiger partial charge on any atom is 0.245 e. The number of hydrogen-bond donors (Lipinski definition) is 2. The Labute approximate surface area is 295 Å². The van der Waals surface area contributed by atoms with Crippen LogP contribution in [0.5, 0.6) is 17.2 Å². The largest absolute Gasteiger partial charge is 0.493 e. The van der Waals surface area contributed by atoms with Crippen LogP contribution in [0.4, 0.5) is 5.69 Å². The summed E-state index contributed by atoms with van der Waals surface area (Å²) < 4.78 is 17.3. The van der Waals surface area contributed by atoms with Gasteiger partial charge in [-0.1, -0.05) is 62.4 Å². The first kappa shape index (κ1) is 36.5. The Morgan fingerprint density at radius 3 is 2.30 bits per heavy atom. The minimum Gasteiger partial charge on any atom is -0.493 e. The highest BCUT2D eigenvalue weighted by molar-refractivity contribution is 5.86. The highest BCUT2D eigenvalue weighted by atomic mass is 16.5. The standard InChI is InChI=1S/C40H50N4O6/c1-26(2)23-34(40(47)44-21-19-43(20-22-44)18-10-13-28-11-8-7-9-12-28)42-33-17-15-30-31(25-35(33)46)32(41-27(3)45)16-14-29-24-36(48-4)38(49-5)39(50-6)37(29)30/h7-13,15,17,24-26,32,34H,14,16,18-23H2,1-6H3,(H,41,45)(H,42,46)/b13-10+/t32-,34+/m1/s1. The van der Waals surface area contributed by atoms with Crippen molar-refractivity contribution in [2.75, 3.05) is 59.4 Å². The molecule has 0 saturated carbocycles. The summed E-state index contributed by atoms with van der Waals surface area (Å²) in [5.41, 5.74) is 4.37. The van der Waals surface area contributed by atoms with E-state index in [0.29, 0.717) is 60.9 Å². The number of carbonyl (C=O) groups is 2. The summed E-state index contributed by atoms with van der Waals surface area (Å²) in [6.07, 6.45) is 6.03. The molecule has 3 aromatic carbocycles. The van der Waals surface area contributed by atoms with Crippen LogP contribution in [0.1, 0.15) is 56.3 Å². The molecule has 0 spiro atoms. The summed E-state index contributed by atoms with van der Waals surface area (Å²) in [5.74, 6) is 1.48. The second-order valence-electron chi connectivity index (χ2n) is 13.4. The normalized spacial score (nSPS) is 16.6. The summed E-state index contributed by atoms with van der Waals surface area (Å²) in [6, 6.07) is 16.4. The Morgan fingerprint density at radius 1 is 0.940 bits per heavy atom. The lowest BCUT2D eigenvalue weighted by Crippen LogP contribution is -2.53. The number of carbonyl (C=O) groups excluding carboxylic acids is 2. The van der Waals surface area contributed by atoms with Gasteiger partial charge in [0, 0.05) is 45.2 Å². The highest BCUT2D eigenvalue weighted by Crippen LogP contribution is 2.50. The second kappa shape index (κ2) is 16.7. The molecule has 50 heavy (non-hydrogen) atoms. The molecule has 266 valence electrons. The summed E-state index contributed by atoms with van der Waals surface area (Å²) in [4.78, 5) is 44.6. The average molecular weight is 683 g/mol. The van der Waals surface area contributed by atoms with E-state index in [2.05, 4.69) is 53.7 Å². The topological polar surface area (TPSA) is 109 Å². The fourth-order valence-electron chi connectivity index (χ4n) is 6.98. The number of hydrogen-bond acceptors (Lipinski definition) is 8. The fourth-order valence-corrected chi connectivity index (χ4v) is 6.98. The smallest absolute Gasteiger partial charge is 0.245 e. The maximum atomic E-state index is 14.0. The monoisotopic (exact) mass is 682 g/mol. The molecular formula is C40H50N4O6. The number of aryl methyl sites for hydroxylation is 1. The van der Waals surface area contributed by atoms with Crippen LogP contribution in [0.25, 0.3) is 17.2 Å². The van der Waals surface area contributed by atoms with Gasteiger partial charge in [0.25, 0.3) is 0 Å². The van der Waals surface area contributed by atoms with Crippen LogP contribution in [-0.4, -0.2) is 81.7 Å².